The van der Waals surface area contributed by atoms with E-state index in [0.717, 1.165) is 0 Å². The van der Waals surface area contributed by atoms with Crippen molar-refractivity contribution >= 4 is 5.97 Å². The molecule has 25 heavy (non-hydrogen) atoms. The summed E-state index contributed by atoms with van der Waals surface area (Å²) in [5, 5.41) is 9.17. The molecular weight excluding hydrogens is 334 g/mol. The van der Waals surface area contributed by atoms with Gasteiger partial charge in [-0.2, -0.15) is 0 Å². The van der Waals surface area contributed by atoms with E-state index in [9.17, 15) is 14.7 Å². The molecule has 134 valence electrons. The highest BCUT2D eigenvalue weighted by molar-refractivity contribution is 5.88. The minimum absolute atomic E-state index is 0.0659. The first kappa shape index (κ1) is 18.3. The van der Waals surface area contributed by atoms with Gasteiger partial charge in [-0.3, -0.25) is 4.98 Å². The quantitative estimate of drug-likeness (QED) is 0.705. The van der Waals surface area contributed by atoms with E-state index in [1.807, 2.05) is 0 Å². The van der Waals surface area contributed by atoms with Crippen LogP contribution in [-0.4, -0.2) is 50.6 Å². The number of carboxylic acid groups (broad SMARTS) is 1. The van der Waals surface area contributed by atoms with Crippen molar-refractivity contribution in [1.82, 2.24) is 4.98 Å². The first-order chi connectivity index (χ1) is 12.0. The molecule has 2 heterocycles. The maximum absolute atomic E-state index is 12.2. The number of hydrogen-bond acceptors (Lipinski definition) is 8. The minimum Gasteiger partial charge on any atom is -0.494 e. The van der Waals surface area contributed by atoms with Gasteiger partial charge in [0.15, 0.2) is 0 Å². The van der Waals surface area contributed by atoms with E-state index in [1.165, 1.54) is 39.8 Å². The average molecular weight is 351 g/mol. The lowest BCUT2D eigenvalue weighted by Gasteiger charge is -2.15. The van der Waals surface area contributed by atoms with E-state index in [1.54, 1.807) is 0 Å². The van der Waals surface area contributed by atoms with Crippen LogP contribution in [0.5, 0.6) is 17.2 Å². The Hall–Kier alpha value is -3.07. The maximum Gasteiger partial charge on any atom is 0.379 e. The summed E-state index contributed by atoms with van der Waals surface area (Å²) in [6.45, 7) is 0.292. The van der Waals surface area contributed by atoms with E-state index >= 15 is 0 Å². The lowest BCUT2D eigenvalue weighted by atomic mass is 10.0. The third-order valence-electron chi connectivity index (χ3n) is 3.24. The van der Waals surface area contributed by atoms with Gasteiger partial charge in [0.2, 0.25) is 11.5 Å². The van der Waals surface area contributed by atoms with Gasteiger partial charge in [-0.15, -0.1) is 0 Å². The first-order valence-corrected chi connectivity index (χ1v) is 7.13. The SMILES string of the molecule is COCCOc1c(-c2c(OC)cncc2OC)cc(C(=O)O)oc1=O. The summed E-state index contributed by atoms with van der Waals surface area (Å²) < 4.78 is 25.6. The molecule has 0 aromatic carbocycles. The fraction of sp³-hybridized carbons (Fsp3) is 0.312. The Labute approximate surface area is 142 Å². The van der Waals surface area contributed by atoms with Gasteiger partial charge >= 0.3 is 11.6 Å². The van der Waals surface area contributed by atoms with Crippen LogP contribution in [0.25, 0.3) is 11.1 Å². The zero-order valence-corrected chi connectivity index (χ0v) is 13.9. The molecule has 0 spiro atoms. The monoisotopic (exact) mass is 351 g/mol. The second-order valence-electron chi connectivity index (χ2n) is 4.71. The molecule has 2 rings (SSSR count). The molecule has 0 aliphatic heterocycles. The largest absolute Gasteiger partial charge is 0.494 e. The van der Waals surface area contributed by atoms with Crippen molar-refractivity contribution in [3.05, 3.63) is 34.6 Å². The maximum atomic E-state index is 12.2. The molecule has 1 N–H and O–H groups in total. The van der Waals surface area contributed by atoms with Crippen LogP contribution in [0.4, 0.5) is 0 Å². The van der Waals surface area contributed by atoms with Crippen LogP contribution >= 0.6 is 0 Å². The van der Waals surface area contributed by atoms with Gasteiger partial charge in [0, 0.05) is 18.7 Å². The molecule has 0 saturated heterocycles. The Morgan fingerprint density at radius 1 is 1.16 bits per heavy atom. The van der Waals surface area contributed by atoms with E-state index in [-0.39, 0.29) is 36.0 Å². The first-order valence-electron chi connectivity index (χ1n) is 7.13. The molecule has 0 aliphatic carbocycles. The molecule has 0 unspecified atom stereocenters. The van der Waals surface area contributed by atoms with Crippen LogP contribution < -0.4 is 19.8 Å². The predicted molar refractivity (Wildman–Crippen MR) is 85.6 cm³/mol. The number of pyridine rings is 1. The average Bonchev–Trinajstić information content (AvgIpc) is 2.61. The van der Waals surface area contributed by atoms with Gasteiger partial charge in [0.1, 0.15) is 18.1 Å². The lowest BCUT2D eigenvalue weighted by molar-refractivity contribution is 0.0655. The molecule has 9 nitrogen and oxygen atoms in total. The van der Waals surface area contributed by atoms with Crippen LogP contribution in [0, 0.1) is 0 Å². The number of aromatic carboxylic acids is 1. The lowest BCUT2D eigenvalue weighted by Crippen LogP contribution is -2.15. The molecule has 2 aromatic heterocycles. The Morgan fingerprint density at radius 2 is 1.80 bits per heavy atom. The van der Waals surface area contributed by atoms with Crippen molar-refractivity contribution in [3.8, 4) is 28.4 Å². The molecule has 0 radical (unpaired) electrons. The van der Waals surface area contributed by atoms with Crippen molar-refractivity contribution in [1.29, 1.82) is 0 Å². The predicted octanol–water partition coefficient (Wildman–Crippen LogP) is 1.44. The second kappa shape index (κ2) is 8.15. The minimum atomic E-state index is -1.39. The third-order valence-corrected chi connectivity index (χ3v) is 3.24. The standard InChI is InChI=1S/C16H17NO8/c1-21-4-5-24-14-9(6-10(15(18)19)25-16(14)20)13-11(22-2)7-17-8-12(13)23-3/h6-8H,4-5H2,1-3H3,(H,18,19). The van der Waals surface area contributed by atoms with Crippen molar-refractivity contribution in [2.75, 3.05) is 34.5 Å². The number of carbonyl (C=O) groups is 1. The van der Waals surface area contributed by atoms with Gasteiger partial charge in [-0.25, -0.2) is 9.59 Å². The topological polar surface area (TPSA) is 117 Å². The Bertz CT molecular complexity index is 792. The molecule has 0 atom stereocenters. The number of rotatable bonds is 8. The summed E-state index contributed by atoms with van der Waals surface area (Å²) in [5.41, 5.74) is -0.462. The van der Waals surface area contributed by atoms with Gasteiger partial charge < -0.3 is 28.5 Å². The van der Waals surface area contributed by atoms with Crippen LogP contribution in [0.2, 0.25) is 0 Å². The van der Waals surface area contributed by atoms with Gasteiger partial charge in [-0.05, 0) is 0 Å². The fourth-order valence-corrected chi connectivity index (χ4v) is 2.14. The molecule has 2 aromatic rings. The van der Waals surface area contributed by atoms with Crippen LogP contribution in [0.3, 0.4) is 0 Å². The van der Waals surface area contributed by atoms with Gasteiger partial charge in [-0.1, -0.05) is 0 Å². The van der Waals surface area contributed by atoms with Gasteiger partial charge in [0.25, 0.3) is 0 Å². The summed E-state index contributed by atoms with van der Waals surface area (Å²) in [4.78, 5) is 27.5. The highest BCUT2D eigenvalue weighted by atomic mass is 16.5. The van der Waals surface area contributed by atoms with E-state index < -0.39 is 17.4 Å². The number of nitrogens with zero attached hydrogens (tertiary/aromatic N) is 1. The zero-order valence-electron chi connectivity index (χ0n) is 13.9. The van der Waals surface area contributed by atoms with Crippen LogP contribution in [0.1, 0.15) is 10.6 Å². The van der Waals surface area contributed by atoms with Gasteiger partial charge in [0.05, 0.1) is 38.8 Å². The molecular formula is C16H17NO8. The molecule has 0 amide bonds. The summed E-state index contributed by atoms with van der Waals surface area (Å²) in [6.07, 6.45) is 2.82. The summed E-state index contributed by atoms with van der Waals surface area (Å²) in [6, 6.07) is 1.17. The summed E-state index contributed by atoms with van der Waals surface area (Å²) in [7, 11) is 4.30. The number of ether oxygens (including phenoxy) is 4. The highest BCUT2D eigenvalue weighted by Gasteiger charge is 2.24. The van der Waals surface area contributed by atoms with Crippen molar-refractivity contribution in [2.24, 2.45) is 0 Å². The van der Waals surface area contributed by atoms with Crippen molar-refractivity contribution in [2.45, 2.75) is 0 Å². The summed E-state index contributed by atoms with van der Waals surface area (Å²) >= 11 is 0. The molecule has 0 saturated carbocycles. The Kier molecular flexibility index (Phi) is 5.96. The molecule has 0 fully saturated rings. The Morgan fingerprint density at radius 3 is 2.32 bits per heavy atom. The summed E-state index contributed by atoms with van der Waals surface area (Å²) in [5.74, 6) is -1.56. The van der Waals surface area contributed by atoms with Crippen LogP contribution in [0.15, 0.2) is 27.7 Å². The second-order valence-corrected chi connectivity index (χ2v) is 4.71. The molecule has 0 aliphatic rings. The number of hydrogen-bond donors (Lipinski definition) is 1. The number of methoxy groups -OCH3 is 3. The number of carboxylic acids is 1. The molecule has 0 bridgehead atoms. The Balaban J connectivity index is 2.73. The smallest absolute Gasteiger partial charge is 0.379 e. The normalized spacial score (nSPS) is 10.4. The van der Waals surface area contributed by atoms with Crippen molar-refractivity contribution < 1.29 is 33.3 Å². The molecule has 9 heteroatoms. The zero-order chi connectivity index (χ0) is 18.4. The van der Waals surface area contributed by atoms with Crippen LogP contribution in [-0.2, 0) is 4.74 Å². The number of aromatic nitrogens is 1. The highest BCUT2D eigenvalue weighted by Crippen LogP contribution is 2.41. The third kappa shape index (κ3) is 3.89. The van der Waals surface area contributed by atoms with E-state index in [4.69, 9.17) is 23.4 Å². The van der Waals surface area contributed by atoms with E-state index in [0.29, 0.717) is 5.56 Å². The van der Waals surface area contributed by atoms with Crippen molar-refractivity contribution in [3.63, 3.8) is 0 Å². The fourth-order valence-electron chi connectivity index (χ4n) is 2.14. The van der Waals surface area contributed by atoms with E-state index in [2.05, 4.69) is 4.98 Å².